The predicted octanol–water partition coefficient (Wildman–Crippen LogP) is 4.18. The van der Waals surface area contributed by atoms with E-state index in [1.54, 1.807) is 19.1 Å². The van der Waals surface area contributed by atoms with Crippen LogP contribution in [0.5, 0.6) is 0 Å². The average molecular weight is 464 g/mol. The van der Waals surface area contributed by atoms with Gasteiger partial charge in [-0.2, -0.15) is 0 Å². The number of imide groups is 1. The first-order valence-electron chi connectivity index (χ1n) is 10.2. The molecule has 0 fully saturated rings. The van der Waals surface area contributed by atoms with Gasteiger partial charge in [-0.1, -0.05) is 18.2 Å². The Balaban J connectivity index is 1.48. The number of nitrogens with zero attached hydrogens (tertiary/aromatic N) is 1. The fraction of sp³-hybridized carbons (Fsp3) is 0.120. The fourth-order valence-electron chi connectivity index (χ4n) is 3.55. The molecule has 0 spiro atoms. The molecule has 9 heteroatoms. The lowest BCUT2D eigenvalue weighted by Gasteiger charge is -2.17. The Morgan fingerprint density at radius 1 is 0.912 bits per heavy atom. The van der Waals surface area contributed by atoms with Crippen molar-refractivity contribution < 1.29 is 32.7 Å². The molecule has 34 heavy (non-hydrogen) atoms. The summed E-state index contributed by atoms with van der Waals surface area (Å²) in [5.74, 6) is -4.95. The van der Waals surface area contributed by atoms with E-state index in [1.165, 1.54) is 18.2 Å². The Morgan fingerprint density at radius 3 is 2.29 bits per heavy atom. The predicted molar refractivity (Wildman–Crippen MR) is 119 cm³/mol. The molecule has 1 aliphatic rings. The number of hydrogen-bond donors (Lipinski definition) is 1. The van der Waals surface area contributed by atoms with Crippen LogP contribution >= 0.6 is 0 Å². The van der Waals surface area contributed by atoms with Gasteiger partial charge in [0.2, 0.25) is 0 Å². The molecule has 0 bridgehead atoms. The van der Waals surface area contributed by atoms with Crippen LogP contribution in [0.15, 0.2) is 54.6 Å². The standard InChI is InChI=1S/C25H18F2N2O5/c1-13-6-7-14(2)20(10-13)29-23(31)16-9-8-15(11-17(16)24(29)32)25(33)34-12-21(30)28-22-18(26)4-3-5-19(22)27/h3-11H,12H2,1-2H3,(H,28,30). The highest BCUT2D eigenvalue weighted by atomic mass is 19.1. The van der Waals surface area contributed by atoms with Crippen LogP contribution in [0.25, 0.3) is 0 Å². The summed E-state index contributed by atoms with van der Waals surface area (Å²) in [7, 11) is 0. The number of nitrogens with one attached hydrogen (secondary N) is 1. The third-order valence-electron chi connectivity index (χ3n) is 5.29. The molecule has 3 aromatic carbocycles. The number of carbonyl (C=O) groups excluding carboxylic acids is 4. The van der Waals surface area contributed by atoms with Crippen LogP contribution in [0.1, 0.15) is 42.2 Å². The molecule has 0 radical (unpaired) electrons. The molecule has 0 aliphatic carbocycles. The molecule has 172 valence electrons. The summed E-state index contributed by atoms with van der Waals surface area (Å²) in [5, 5.41) is 2.00. The topological polar surface area (TPSA) is 92.8 Å². The van der Waals surface area contributed by atoms with Crippen LogP contribution in [0, 0.1) is 25.5 Å². The maximum atomic E-state index is 13.6. The Bertz CT molecular complexity index is 1350. The van der Waals surface area contributed by atoms with Crippen molar-refractivity contribution in [3.05, 3.63) is 94.0 Å². The zero-order chi connectivity index (χ0) is 24.6. The van der Waals surface area contributed by atoms with E-state index >= 15 is 0 Å². The van der Waals surface area contributed by atoms with Crippen LogP contribution in [0.3, 0.4) is 0 Å². The number of hydrogen-bond acceptors (Lipinski definition) is 5. The third kappa shape index (κ3) is 4.15. The number of carbonyl (C=O) groups is 4. The summed E-state index contributed by atoms with van der Waals surface area (Å²) in [6.07, 6.45) is 0. The maximum absolute atomic E-state index is 13.6. The first kappa shape index (κ1) is 22.8. The van der Waals surface area contributed by atoms with E-state index in [4.69, 9.17) is 4.74 Å². The zero-order valence-corrected chi connectivity index (χ0v) is 18.1. The van der Waals surface area contributed by atoms with E-state index < -0.39 is 47.6 Å². The Morgan fingerprint density at radius 2 is 1.59 bits per heavy atom. The van der Waals surface area contributed by atoms with Crippen LogP contribution in [0.2, 0.25) is 0 Å². The molecule has 0 aromatic heterocycles. The van der Waals surface area contributed by atoms with Gasteiger partial charge in [0.1, 0.15) is 17.3 Å². The highest BCUT2D eigenvalue weighted by Gasteiger charge is 2.38. The number of fused-ring (bicyclic) bond motifs is 1. The minimum atomic E-state index is -0.977. The second-order valence-electron chi connectivity index (χ2n) is 7.72. The third-order valence-corrected chi connectivity index (χ3v) is 5.29. The molecule has 0 atom stereocenters. The van der Waals surface area contributed by atoms with Crippen molar-refractivity contribution in [2.45, 2.75) is 13.8 Å². The molecular formula is C25H18F2N2O5. The number of anilines is 2. The lowest BCUT2D eigenvalue weighted by atomic mass is 10.1. The van der Waals surface area contributed by atoms with Crippen LogP contribution in [0.4, 0.5) is 20.2 Å². The molecule has 1 aliphatic heterocycles. The quantitative estimate of drug-likeness (QED) is 0.452. The lowest BCUT2D eigenvalue weighted by molar-refractivity contribution is -0.119. The number of rotatable bonds is 5. The summed E-state index contributed by atoms with van der Waals surface area (Å²) in [6, 6.07) is 12.3. The number of benzene rings is 3. The minimum Gasteiger partial charge on any atom is -0.452 e. The van der Waals surface area contributed by atoms with Crippen LogP contribution in [-0.4, -0.2) is 30.3 Å². The van der Waals surface area contributed by atoms with Crippen LogP contribution in [-0.2, 0) is 9.53 Å². The summed E-state index contributed by atoms with van der Waals surface area (Å²) in [5.41, 5.74) is 1.50. The summed E-state index contributed by atoms with van der Waals surface area (Å²) in [4.78, 5) is 51.3. The Kier molecular flexibility index (Phi) is 5.93. The first-order chi connectivity index (χ1) is 16.2. The number of ether oxygens (including phenoxy) is 1. The summed E-state index contributed by atoms with van der Waals surface area (Å²) in [6.45, 7) is 2.80. The highest BCUT2D eigenvalue weighted by Crippen LogP contribution is 2.32. The monoisotopic (exact) mass is 464 g/mol. The van der Waals surface area contributed by atoms with Gasteiger partial charge in [0.15, 0.2) is 6.61 Å². The van der Waals surface area contributed by atoms with Crippen LogP contribution < -0.4 is 10.2 Å². The van der Waals surface area contributed by atoms with Crippen molar-refractivity contribution in [2.24, 2.45) is 0 Å². The lowest BCUT2D eigenvalue weighted by Crippen LogP contribution is -2.30. The molecule has 1 N–H and O–H groups in total. The van der Waals surface area contributed by atoms with E-state index in [0.717, 1.165) is 34.2 Å². The van der Waals surface area contributed by atoms with Gasteiger partial charge >= 0.3 is 5.97 Å². The molecule has 1 heterocycles. The zero-order valence-electron chi connectivity index (χ0n) is 18.1. The average Bonchev–Trinajstić information content (AvgIpc) is 3.05. The number of amides is 3. The van der Waals surface area contributed by atoms with E-state index in [1.807, 2.05) is 18.3 Å². The molecule has 3 amide bonds. The minimum absolute atomic E-state index is 0.0261. The van der Waals surface area contributed by atoms with Crippen molar-refractivity contribution >= 4 is 35.1 Å². The SMILES string of the molecule is Cc1ccc(C)c(N2C(=O)c3ccc(C(=O)OCC(=O)Nc4c(F)cccc4F)cc3C2=O)c1. The number of para-hydroxylation sites is 1. The second kappa shape index (κ2) is 8.86. The summed E-state index contributed by atoms with van der Waals surface area (Å²) >= 11 is 0. The van der Waals surface area contributed by atoms with Crippen molar-refractivity contribution in [3.8, 4) is 0 Å². The van der Waals surface area contributed by atoms with Gasteiger partial charge in [-0.05, 0) is 61.4 Å². The van der Waals surface area contributed by atoms with Gasteiger partial charge in [0.25, 0.3) is 17.7 Å². The van der Waals surface area contributed by atoms with E-state index in [9.17, 15) is 28.0 Å². The van der Waals surface area contributed by atoms with E-state index in [0.29, 0.717) is 5.69 Å². The van der Waals surface area contributed by atoms with Gasteiger partial charge in [-0.15, -0.1) is 0 Å². The number of aryl methyl sites for hydroxylation is 2. The molecule has 4 rings (SSSR count). The van der Waals surface area contributed by atoms with Crippen molar-refractivity contribution in [2.75, 3.05) is 16.8 Å². The van der Waals surface area contributed by atoms with Crippen molar-refractivity contribution in [1.82, 2.24) is 0 Å². The Hall–Kier alpha value is -4.40. The van der Waals surface area contributed by atoms with Gasteiger partial charge < -0.3 is 10.1 Å². The fourth-order valence-corrected chi connectivity index (χ4v) is 3.55. The number of esters is 1. The molecule has 0 saturated heterocycles. The molecule has 7 nitrogen and oxygen atoms in total. The Labute approximate surface area is 192 Å². The first-order valence-corrected chi connectivity index (χ1v) is 10.2. The van der Waals surface area contributed by atoms with Gasteiger partial charge in [0.05, 0.1) is 22.4 Å². The van der Waals surface area contributed by atoms with E-state index in [-0.39, 0.29) is 16.7 Å². The molecule has 3 aromatic rings. The number of halogens is 2. The van der Waals surface area contributed by atoms with Gasteiger partial charge in [-0.25, -0.2) is 18.5 Å². The molecule has 0 unspecified atom stereocenters. The largest absolute Gasteiger partial charge is 0.452 e. The van der Waals surface area contributed by atoms with Gasteiger partial charge in [0, 0.05) is 0 Å². The second-order valence-corrected chi connectivity index (χ2v) is 7.72. The van der Waals surface area contributed by atoms with Crippen molar-refractivity contribution in [1.29, 1.82) is 0 Å². The molecular weight excluding hydrogens is 446 g/mol. The highest BCUT2D eigenvalue weighted by molar-refractivity contribution is 6.35. The maximum Gasteiger partial charge on any atom is 0.338 e. The molecule has 0 saturated carbocycles. The van der Waals surface area contributed by atoms with Gasteiger partial charge in [-0.3, -0.25) is 14.4 Å². The normalized spacial score (nSPS) is 12.5. The summed E-state index contributed by atoms with van der Waals surface area (Å²) < 4.78 is 32.2. The van der Waals surface area contributed by atoms with E-state index in [2.05, 4.69) is 0 Å². The van der Waals surface area contributed by atoms with Crippen molar-refractivity contribution in [3.63, 3.8) is 0 Å². The smallest absolute Gasteiger partial charge is 0.338 e.